The lowest BCUT2D eigenvalue weighted by Gasteiger charge is -2.10. The second-order valence-corrected chi connectivity index (χ2v) is 7.57. The number of benzene rings is 1. The second-order valence-electron chi connectivity index (χ2n) is 5.34. The molecule has 1 aromatic heterocycles. The SMILES string of the molecule is Cc1c(-c2ccccc2F)nn(C2CCS(=O)(=O)C2)c1N. The molecule has 5 nitrogen and oxygen atoms in total. The van der Waals surface area contributed by atoms with Crippen molar-refractivity contribution in [2.75, 3.05) is 17.2 Å². The molecule has 1 unspecified atom stereocenters. The highest BCUT2D eigenvalue weighted by Crippen LogP contribution is 2.33. The highest BCUT2D eigenvalue weighted by Gasteiger charge is 2.32. The molecule has 1 aliphatic rings. The van der Waals surface area contributed by atoms with E-state index in [1.165, 1.54) is 10.7 Å². The number of halogens is 1. The minimum absolute atomic E-state index is 0.0367. The van der Waals surface area contributed by atoms with E-state index in [2.05, 4.69) is 5.10 Å². The summed E-state index contributed by atoms with van der Waals surface area (Å²) in [6, 6.07) is 6.07. The molecule has 112 valence electrons. The van der Waals surface area contributed by atoms with E-state index < -0.39 is 9.84 Å². The maximum Gasteiger partial charge on any atom is 0.152 e. The summed E-state index contributed by atoms with van der Waals surface area (Å²) in [5.41, 5.74) is 7.56. The minimum Gasteiger partial charge on any atom is -0.384 e. The third-order valence-corrected chi connectivity index (χ3v) is 5.63. The van der Waals surface area contributed by atoms with E-state index in [1.54, 1.807) is 25.1 Å². The van der Waals surface area contributed by atoms with Gasteiger partial charge in [-0.05, 0) is 25.5 Å². The Hall–Kier alpha value is -1.89. The number of rotatable bonds is 2. The van der Waals surface area contributed by atoms with Crippen molar-refractivity contribution in [1.29, 1.82) is 0 Å². The predicted octanol–water partition coefficient (Wildman–Crippen LogP) is 1.94. The van der Waals surface area contributed by atoms with Gasteiger partial charge < -0.3 is 5.73 Å². The van der Waals surface area contributed by atoms with Gasteiger partial charge in [0.25, 0.3) is 0 Å². The van der Waals surface area contributed by atoms with Crippen LogP contribution in [0.25, 0.3) is 11.3 Å². The van der Waals surface area contributed by atoms with Crippen LogP contribution in [0, 0.1) is 12.7 Å². The van der Waals surface area contributed by atoms with E-state index in [-0.39, 0.29) is 23.4 Å². The van der Waals surface area contributed by atoms with E-state index in [1.807, 2.05) is 0 Å². The van der Waals surface area contributed by atoms with Gasteiger partial charge in [-0.15, -0.1) is 0 Å². The van der Waals surface area contributed by atoms with Crippen molar-refractivity contribution >= 4 is 15.7 Å². The Balaban J connectivity index is 2.07. The fourth-order valence-electron chi connectivity index (χ4n) is 2.69. The van der Waals surface area contributed by atoms with Gasteiger partial charge in [-0.3, -0.25) is 0 Å². The minimum atomic E-state index is -3.03. The molecule has 1 aliphatic heterocycles. The molecule has 2 heterocycles. The van der Waals surface area contributed by atoms with Crippen LogP contribution in [-0.4, -0.2) is 29.7 Å². The van der Waals surface area contributed by atoms with Crippen molar-refractivity contribution in [3.63, 3.8) is 0 Å². The van der Waals surface area contributed by atoms with Gasteiger partial charge in [-0.1, -0.05) is 12.1 Å². The molecule has 7 heteroatoms. The fourth-order valence-corrected chi connectivity index (χ4v) is 4.38. The molecule has 0 spiro atoms. The summed E-state index contributed by atoms with van der Waals surface area (Å²) >= 11 is 0. The average Bonchev–Trinajstić information content (AvgIpc) is 2.93. The van der Waals surface area contributed by atoms with Gasteiger partial charge in [0.15, 0.2) is 9.84 Å². The molecule has 2 aromatic rings. The molecular formula is C14H16FN3O2S. The molecule has 0 saturated carbocycles. The first-order chi connectivity index (χ1) is 9.89. The molecule has 1 saturated heterocycles. The van der Waals surface area contributed by atoms with Crippen LogP contribution in [0.15, 0.2) is 24.3 Å². The van der Waals surface area contributed by atoms with Crippen LogP contribution in [0.3, 0.4) is 0 Å². The Morgan fingerprint density at radius 1 is 1.38 bits per heavy atom. The first-order valence-electron chi connectivity index (χ1n) is 6.69. The van der Waals surface area contributed by atoms with Crippen LogP contribution >= 0.6 is 0 Å². The van der Waals surface area contributed by atoms with Gasteiger partial charge in [-0.25, -0.2) is 17.5 Å². The number of nitrogen functional groups attached to an aromatic ring is 1. The smallest absolute Gasteiger partial charge is 0.152 e. The molecule has 1 fully saturated rings. The van der Waals surface area contributed by atoms with Crippen molar-refractivity contribution in [1.82, 2.24) is 9.78 Å². The van der Waals surface area contributed by atoms with Gasteiger partial charge in [0.1, 0.15) is 17.3 Å². The molecule has 1 atom stereocenters. The van der Waals surface area contributed by atoms with E-state index in [0.29, 0.717) is 29.1 Å². The Labute approximate surface area is 122 Å². The zero-order valence-electron chi connectivity index (χ0n) is 11.6. The quantitative estimate of drug-likeness (QED) is 0.919. The number of sulfone groups is 1. The van der Waals surface area contributed by atoms with Crippen molar-refractivity contribution in [2.45, 2.75) is 19.4 Å². The number of aromatic nitrogens is 2. The summed E-state index contributed by atoms with van der Waals surface area (Å²) in [6.07, 6.45) is 0.490. The Bertz CT molecular complexity index is 799. The zero-order valence-corrected chi connectivity index (χ0v) is 12.4. The van der Waals surface area contributed by atoms with E-state index in [9.17, 15) is 12.8 Å². The lowest BCUT2D eigenvalue weighted by molar-refractivity contribution is 0.507. The highest BCUT2D eigenvalue weighted by molar-refractivity contribution is 7.91. The summed E-state index contributed by atoms with van der Waals surface area (Å²) in [4.78, 5) is 0. The Kier molecular flexibility index (Phi) is 3.24. The molecule has 0 radical (unpaired) electrons. The van der Waals surface area contributed by atoms with Crippen LogP contribution in [0.5, 0.6) is 0 Å². The summed E-state index contributed by atoms with van der Waals surface area (Å²) in [5.74, 6) is 0.208. The lowest BCUT2D eigenvalue weighted by atomic mass is 10.1. The van der Waals surface area contributed by atoms with Crippen LogP contribution in [0.2, 0.25) is 0 Å². The standard InChI is InChI=1S/C14H16FN3O2S/c1-9-13(11-4-2-3-5-12(11)15)17-18(14(9)16)10-6-7-21(19,20)8-10/h2-5,10H,6-8,16H2,1H3. The Morgan fingerprint density at radius 2 is 2.10 bits per heavy atom. The fraction of sp³-hybridized carbons (Fsp3) is 0.357. The summed E-state index contributed by atoms with van der Waals surface area (Å²) in [6.45, 7) is 1.77. The first-order valence-corrected chi connectivity index (χ1v) is 8.51. The van der Waals surface area contributed by atoms with Crippen LogP contribution in [-0.2, 0) is 9.84 Å². The third kappa shape index (κ3) is 2.42. The summed E-state index contributed by atoms with van der Waals surface area (Å²) in [5, 5.41) is 4.38. The van der Waals surface area contributed by atoms with Gasteiger partial charge in [-0.2, -0.15) is 5.10 Å². The lowest BCUT2D eigenvalue weighted by Crippen LogP contribution is -2.14. The van der Waals surface area contributed by atoms with Crippen molar-refractivity contribution < 1.29 is 12.8 Å². The van der Waals surface area contributed by atoms with Gasteiger partial charge in [0.2, 0.25) is 0 Å². The maximum atomic E-state index is 13.9. The number of hydrogen-bond acceptors (Lipinski definition) is 4. The van der Waals surface area contributed by atoms with E-state index in [4.69, 9.17) is 5.73 Å². The van der Waals surface area contributed by atoms with Gasteiger partial charge in [0.05, 0.1) is 17.5 Å². The summed E-state index contributed by atoms with van der Waals surface area (Å²) < 4.78 is 38.6. The van der Waals surface area contributed by atoms with Crippen molar-refractivity contribution in [3.05, 3.63) is 35.6 Å². The van der Waals surface area contributed by atoms with E-state index in [0.717, 1.165) is 0 Å². The number of nitrogens with zero attached hydrogens (tertiary/aromatic N) is 2. The zero-order chi connectivity index (χ0) is 15.2. The normalized spacial score (nSPS) is 20.8. The molecule has 0 amide bonds. The number of nitrogens with two attached hydrogens (primary N) is 1. The topological polar surface area (TPSA) is 78.0 Å². The molecule has 21 heavy (non-hydrogen) atoms. The van der Waals surface area contributed by atoms with Crippen LogP contribution in [0.4, 0.5) is 10.2 Å². The van der Waals surface area contributed by atoms with Crippen LogP contribution in [0.1, 0.15) is 18.0 Å². The molecule has 0 bridgehead atoms. The average molecular weight is 309 g/mol. The molecule has 1 aromatic carbocycles. The maximum absolute atomic E-state index is 13.9. The molecule has 3 rings (SSSR count). The Morgan fingerprint density at radius 3 is 2.71 bits per heavy atom. The van der Waals surface area contributed by atoms with Crippen molar-refractivity contribution in [3.8, 4) is 11.3 Å². The van der Waals surface area contributed by atoms with Gasteiger partial charge >= 0.3 is 0 Å². The first kappa shape index (κ1) is 14.1. The highest BCUT2D eigenvalue weighted by atomic mass is 32.2. The largest absolute Gasteiger partial charge is 0.384 e. The van der Waals surface area contributed by atoms with Crippen molar-refractivity contribution in [2.24, 2.45) is 0 Å². The monoisotopic (exact) mass is 309 g/mol. The van der Waals surface area contributed by atoms with Crippen LogP contribution < -0.4 is 5.73 Å². The van der Waals surface area contributed by atoms with Gasteiger partial charge in [0, 0.05) is 11.1 Å². The predicted molar refractivity (Wildman–Crippen MR) is 79.1 cm³/mol. The molecule has 2 N–H and O–H groups in total. The second kappa shape index (κ2) is 4.84. The third-order valence-electron chi connectivity index (χ3n) is 3.88. The molecular weight excluding hydrogens is 293 g/mol. The number of hydrogen-bond donors (Lipinski definition) is 1. The van der Waals surface area contributed by atoms with E-state index >= 15 is 0 Å². The molecule has 0 aliphatic carbocycles. The summed E-state index contributed by atoms with van der Waals surface area (Å²) in [7, 11) is -3.03. The number of anilines is 1.